The number of ether oxygens (including phenoxy) is 1. The van der Waals surface area contributed by atoms with Gasteiger partial charge >= 0.3 is 0 Å². The van der Waals surface area contributed by atoms with Crippen molar-refractivity contribution in [2.24, 2.45) is 0 Å². The van der Waals surface area contributed by atoms with Crippen LogP contribution in [0.15, 0.2) is 60.7 Å². The second-order valence-corrected chi connectivity index (χ2v) is 7.23. The first-order valence-electron chi connectivity index (χ1n) is 7.87. The molecule has 0 amide bonds. The zero-order valence-corrected chi connectivity index (χ0v) is 16.6. The lowest BCUT2D eigenvalue weighted by Gasteiger charge is -2.14. The Kier molecular flexibility index (Phi) is 6.55. The van der Waals surface area contributed by atoms with Crippen molar-refractivity contribution >= 4 is 52.1 Å². The van der Waals surface area contributed by atoms with Gasteiger partial charge in [0.2, 0.25) is 0 Å². The van der Waals surface area contributed by atoms with Crippen LogP contribution in [0.2, 0.25) is 20.1 Å². The maximum atomic E-state index is 6.20. The summed E-state index contributed by atoms with van der Waals surface area (Å²) in [5, 5.41) is 5.63. The molecule has 0 saturated heterocycles. The Balaban J connectivity index is 1.72. The first kappa shape index (κ1) is 19.2. The summed E-state index contributed by atoms with van der Waals surface area (Å²) in [6.07, 6.45) is 0. The van der Waals surface area contributed by atoms with Crippen molar-refractivity contribution in [2.45, 2.75) is 13.2 Å². The quantitative estimate of drug-likeness (QED) is 0.440. The third kappa shape index (κ3) is 4.77. The molecule has 0 aliphatic carbocycles. The van der Waals surface area contributed by atoms with Crippen LogP contribution >= 0.6 is 46.4 Å². The fourth-order valence-electron chi connectivity index (χ4n) is 2.43. The zero-order valence-electron chi connectivity index (χ0n) is 13.6. The molecule has 0 atom stereocenters. The molecule has 6 heteroatoms. The largest absolute Gasteiger partial charge is 0.488 e. The molecule has 0 aliphatic heterocycles. The molecule has 0 spiro atoms. The average Bonchev–Trinajstić information content (AvgIpc) is 2.61. The van der Waals surface area contributed by atoms with E-state index in [4.69, 9.17) is 51.1 Å². The molecule has 1 N–H and O–H groups in total. The number of hydrogen-bond acceptors (Lipinski definition) is 2. The summed E-state index contributed by atoms with van der Waals surface area (Å²) in [6.45, 7) is 0.838. The summed E-state index contributed by atoms with van der Waals surface area (Å²) in [5.74, 6) is 0.751. The van der Waals surface area contributed by atoms with Crippen LogP contribution < -0.4 is 10.1 Å². The molecule has 0 radical (unpaired) electrons. The summed E-state index contributed by atoms with van der Waals surface area (Å²) >= 11 is 24.5. The van der Waals surface area contributed by atoms with Gasteiger partial charge in [-0.15, -0.1) is 0 Å². The van der Waals surface area contributed by atoms with E-state index in [-0.39, 0.29) is 6.61 Å². The summed E-state index contributed by atoms with van der Waals surface area (Å²) in [4.78, 5) is 0. The molecule has 3 aromatic rings. The lowest BCUT2D eigenvalue weighted by Crippen LogP contribution is -2.04. The van der Waals surface area contributed by atoms with Gasteiger partial charge in [0.05, 0.1) is 10.7 Å². The minimum atomic E-state index is 0.289. The molecular weight excluding hydrogens is 412 g/mol. The maximum Gasteiger partial charge on any atom is 0.124 e. The van der Waals surface area contributed by atoms with Gasteiger partial charge in [-0.25, -0.2) is 0 Å². The minimum Gasteiger partial charge on any atom is -0.488 e. The molecule has 3 rings (SSSR count). The van der Waals surface area contributed by atoms with E-state index in [2.05, 4.69) is 5.32 Å². The number of rotatable bonds is 6. The van der Waals surface area contributed by atoms with Gasteiger partial charge in [-0.1, -0.05) is 70.7 Å². The summed E-state index contributed by atoms with van der Waals surface area (Å²) in [7, 11) is 0. The Morgan fingerprint density at radius 2 is 1.50 bits per heavy atom. The van der Waals surface area contributed by atoms with E-state index in [9.17, 15) is 0 Å². The van der Waals surface area contributed by atoms with Gasteiger partial charge in [0.15, 0.2) is 0 Å². The Bertz CT molecular complexity index is 894. The van der Waals surface area contributed by atoms with Gasteiger partial charge in [0.1, 0.15) is 12.4 Å². The van der Waals surface area contributed by atoms with E-state index in [0.717, 1.165) is 22.6 Å². The molecule has 134 valence electrons. The molecule has 0 bridgehead atoms. The minimum absolute atomic E-state index is 0.289. The summed E-state index contributed by atoms with van der Waals surface area (Å²) in [5.41, 5.74) is 2.56. The Labute approximate surface area is 172 Å². The lowest BCUT2D eigenvalue weighted by atomic mass is 10.2. The van der Waals surface area contributed by atoms with Crippen LogP contribution in [0.25, 0.3) is 0 Å². The Hall–Kier alpha value is -1.58. The van der Waals surface area contributed by atoms with Crippen LogP contribution in [0.3, 0.4) is 0 Å². The van der Waals surface area contributed by atoms with Crippen molar-refractivity contribution in [1.29, 1.82) is 0 Å². The standard InChI is InChI=1S/C20H15Cl4NO/c21-14-8-9-19(18(24)10-14)25-11-13-4-1-2-7-20(13)26-12-15-16(22)5-3-6-17(15)23/h1-10,25H,11-12H2. The van der Waals surface area contributed by atoms with E-state index in [0.29, 0.717) is 26.6 Å². The monoisotopic (exact) mass is 425 g/mol. The van der Waals surface area contributed by atoms with Gasteiger partial charge in [0.25, 0.3) is 0 Å². The summed E-state index contributed by atoms with van der Waals surface area (Å²) in [6, 6.07) is 18.5. The van der Waals surface area contributed by atoms with E-state index in [1.54, 1.807) is 24.3 Å². The van der Waals surface area contributed by atoms with E-state index in [1.165, 1.54) is 0 Å². The normalized spacial score (nSPS) is 10.6. The van der Waals surface area contributed by atoms with Crippen molar-refractivity contribution < 1.29 is 4.74 Å². The van der Waals surface area contributed by atoms with Crippen LogP contribution in [0.4, 0.5) is 5.69 Å². The van der Waals surface area contributed by atoms with Crippen molar-refractivity contribution in [3.8, 4) is 5.75 Å². The predicted molar refractivity (Wildman–Crippen MR) is 111 cm³/mol. The SMILES string of the molecule is Clc1ccc(NCc2ccccc2OCc2c(Cl)cccc2Cl)c(Cl)c1. The van der Waals surface area contributed by atoms with Crippen molar-refractivity contribution in [3.63, 3.8) is 0 Å². The lowest BCUT2D eigenvalue weighted by molar-refractivity contribution is 0.303. The second-order valence-electron chi connectivity index (χ2n) is 5.57. The van der Waals surface area contributed by atoms with E-state index < -0.39 is 0 Å². The molecular formula is C20H15Cl4NO. The summed E-state index contributed by atoms with van der Waals surface area (Å²) < 4.78 is 5.96. The molecule has 0 heterocycles. The number of benzene rings is 3. The van der Waals surface area contributed by atoms with Crippen LogP contribution in [0.5, 0.6) is 5.75 Å². The molecule has 0 unspecified atom stereocenters. The zero-order chi connectivity index (χ0) is 18.5. The van der Waals surface area contributed by atoms with E-state index in [1.807, 2.05) is 36.4 Å². The predicted octanol–water partition coefficient (Wildman–Crippen LogP) is 7.49. The van der Waals surface area contributed by atoms with Crippen molar-refractivity contribution in [3.05, 3.63) is 91.9 Å². The number of hydrogen-bond donors (Lipinski definition) is 1. The third-order valence-electron chi connectivity index (χ3n) is 3.81. The van der Waals surface area contributed by atoms with E-state index >= 15 is 0 Å². The van der Waals surface area contributed by atoms with Crippen molar-refractivity contribution in [2.75, 3.05) is 5.32 Å². The maximum absolute atomic E-state index is 6.20. The molecule has 0 aromatic heterocycles. The highest BCUT2D eigenvalue weighted by molar-refractivity contribution is 6.36. The van der Waals surface area contributed by atoms with Gasteiger partial charge in [-0.2, -0.15) is 0 Å². The van der Waals surface area contributed by atoms with Gasteiger partial charge in [-0.05, 0) is 36.4 Å². The highest BCUT2D eigenvalue weighted by Gasteiger charge is 2.09. The smallest absolute Gasteiger partial charge is 0.124 e. The molecule has 0 saturated carbocycles. The Morgan fingerprint density at radius 3 is 2.23 bits per heavy atom. The average molecular weight is 427 g/mol. The number of anilines is 1. The Morgan fingerprint density at radius 1 is 0.769 bits per heavy atom. The highest BCUT2D eigenvalue weighted by Crippen LogP contribution is 2.29. The highest BCUT2D eigenvalue weighted by atomic mass is 35.5. The number of halogens is 4. The van der Waals surface area contributed by atoms with Gasteiger partial charge in [-0.3, -0.25) is 0 Å². The van der Waals surface area contributed by atoms with Gasteiger partial charge in [0, 0.05) is 32.7 Å². The number of para-hydroxylation sites is 1. The first-order valence-corrected chi connectivity index (χ1v) is 9.38. The molecule has 26 heavy (non-hydrogen) atoms. The van der Waals surface area contributed by atoms with Crippen LogP contribution in [0.1, 0.15) is 11.1 Å². The fourth-order valence-corrected chi connectivity index (χ4v) is 3.42. The molecule has 0 fully saturated rings. The second kappa shape index (κ2) is 8.88. The third-order valence-corrected chi connectivity index (χ3v) is 5.06. The fraction of sp³-hybridized carbons (Fsp3) is 0.100. The first-order chi connectivity index (χ1) is 12.5. The van der Waals surface area contributed by atoms with Crippen LogP contribution in [-0.4, -0.2) is 0 Å². The van der Waals surface area contributed by atoms with Crippen LogP contribution in [0, 0.1) is 0 Å². The number of nitrogens with one attached hydrogen (secondary N) is 1. The molecule has 2 nitrogen and oxygen atoms in total. The molecule has 3 aromatic carbocycles. The van der Waals surface area contributed by atoms with Gasteiger partial charge < -0.3 is 10.1 Å². The topological polar surface area (TPSA) is 21.3 Å². The molecule has 0 aliphatic rings. The van der Waals surface area contributed by atoms with Crippen LogP contribution in [-0.2, 0) is 13.2 Å². The van der Waals surface area contributed by atoms with Crippen molar-refractivity contribution in [1.82, 2.24) is 0 Å².